The molecule has 29 heavy (non-hydrogen) atoms. The van der Waals surface area contributed by atoms with E-state index in [1.807, 2.05) is 5.38 Å². The first kappa shape index (κ1) is 27.3. The summed E-state index contributed by atoms with van der Waals surface area (Å²) in [6.45, 7) is 5.14. The van der Waals surface area contributed by atoms with Crippen LogP contribution < -0.4 is 5.32 Å². The third kappa shape index (κ3) is 8.76. The summed E-state index contributed by atoms with van der Waals surface area (Å²) in [5.41, 5.74) is 0. The van der Waals surface area contributed by atoms with Gasteiger partial charge in [-0.1, -0.05) is 83.5 Å². The fourth-order valence-corrected chi connectivity index (χ4v) is 3.57. The van der Waals surface area contributed by atoms with Crippen molar-refractivity contribution in [3.8, 4) is 0 Å². The summed E-state index contributed by atoms with van der Waals surface area (Å²) in [6, 6.07) is -1.21. The minimum atomic E-state index is -1.60. The summed E-state index contributed by atoms with van der Waals surface area (Å²) in [5.74, 6) is -1.79. The first-order valence-electron chi connectivity index (χ1n) is 8.73. The van der Waals surface area contributed by atoms with Gasteiger partial charge < -0.3 is 10.2 Å². The molecule has 1 aromatic rings. The maximum absolute atomic E-state index is 13.0. The van der Waals surface area contributed by atoms with Crippen molar-refractivity contribution in [1.82, 2.24) is 15.2 Å². The average Bonchev–Trinajstić information content (AvgIpc) is 3.11. The van der Waals surface area contributed by atoms with Gasteiger partial charge in [-0.25, -0.2) is 4.98 Å². The van der Waals surface area contributed by atoms with Crippen molar-refractivity contribution in [2.75, 3.05) is 7.05 Å². The van der Waals surface area contributed by atoms with E-state index in [0.717, 1.165) is 5.01 Å². The normalized spacial score (nSPS) is 16.6. The monoisotopic (exact) mass is 543 g/mol. The Morgan fingerprint density at radius 1 is 1.10 bits per heavy atom. The van der Waals surface area contributed by atoms with Gasteiger partial charge in [0.1, 0.15) is 11.0 Å². The zero-order chi connectivity index (χ0) is 22.6. The summed E-state index contributed by atoms with van der Waals surface area (Å²) in [6.07, 6.45) is 1.73. The largest absolute Gasteiger partial charge is 0.345 e. The second-order valence-corrected chi connectivity index (χ2v) is 12.6. The molecular weight excluding hydrogens is 523 g/mol. The first-order chi connectivity index (χ1) is 13.1. The van der Waals surface area contributed by atoms with E-state index >= 15 is 0 Å². The van der Waals surface area contributed by atoms with Gasteiger partial charge in [-0.05, 0) is 13.3 Å². The fraction of sp³-hybridized carbons (Fsp3) is 0.706. The van der Waals surface area contributed by atoms with Gasteiger partial charge in [-0.15, -0.1) is 11.3 Å². The van der Waals surface area contributed by atoms with Crippen LogP contribution in [0.15, 0.2) is 11.6 Å². The van der Waals surface area contributed by atoms with E-state index in [-0.39, 0.29) is 30.7 Å². The summed E-state index contributed by atoms with van der Waals surface area (Å²) >= 11 is 37.0. The van der Waals surface area contributed by atoms with Crippen molar-refractivity contribution in [2.24, 2.45) is 11.8 Å². The molecule has 0 saturated heterocycles. The SMILES string of the molecule is CC(C[C@H](C(=O)N[C@H](C)c1nccs1)N(C)C(=O)C[C@H](C)C(Cl)(Cl)Cl)C(Cl)(Cl)Cl. The molecule has 1 unspecified atom stereocenters. The molecule has 12 heteroatoms. The zero-order valence-corrected chi connectivity index (χ0v) is 21.6. The van der Waals surface area contributed by atoms with Crippen LogP contribution in [-0.4, -0.2) is 42.4 Å². The van der Waals surface area contributed by atoms with Crippen molar-refractivity contribution in [1.29, 1.82) is 0 Å². The minimum absolute atomic E-state index is 0.0546. The molecule has 0 saturated carbocycles. The number of alkyl halides is 6. The van der Waals surface area contributed by atoms with Gasteiger partial charge in [0.25, 0.3) is 0 Å². The Morgan fingerprint density at radius 3 is 2.10 bits per heavy atom. The molecule has 1 heterocycles. The Morgan fingerprint density at radius 2 is 1.66 bits per heavy atom. The van der Waals surface area contributed by atoms with Crippen molar-refractivity contribution in [3.63, 3.8) is 0 Å². The van der Waals surface area contributed by atoms with Gasteiger partial charge in [-0.3, -0.25) is 9.59 Å². The summed E-state index contributed by atoms with van der Waals surface area (Å²) < 4.78 is -3.19. The third-order valence-corrected chi connectivity index (χ3v) is 7.71. The van der Waals surface area contributed by atoms with E-state index in [0.29, 0.717) is 0 Å². The highest BCUT2D eigenvalue weighted by molar-refractivity contribution is 7.09. The van der Waals surface area contributed by atoms with Crippen LogP contribution in [0.3, 0.4) is 0 Å². The Hall–Kier alpha value is 0.310. The molecule has 4 atom stereocenters. The van der Waals surface area contributed by atoms with Crippen molar-refractivity contribution >= 4 is 92.8 Å². The molecule has 0 aliphatic rings. The Bertz CT molecular complexity index is 678. The molecule has 1 rings (SSSR count). The number of nitrogens with one attached hydrogen (secondary N) is 1. The molecule has 2 amide bonds. The second kappa shape index (κ2) is 11.3. The lowest BCUT2D eigenvalue weighted by Gasteiger charge is -2.33. The quantitative estimate of drug-likeness (QED) is 0.411. The van der Waals surface area contributed by atoms with Crippen LogP contribution in [0, 0.1) is 11.8 Å². The fourth-order valence-electron chi connectivity index (χ4n) is 2.42. The minimum Gasteiger partial charge on any atom is -0.345 e. The maximum Gasteiger partial charge on any atom is 0.243 e. The lowest BCUT2D eigenvalue weighted by Crippen LogP contribution is -2.50. The topological polar surface area (TPSA) is 62.3 Å². The van der Waals surface area contributed by atoms with Gasteiger partial charge in [0.05, 0.1) is 6.04 Å². The zero-order valence-electron chi connectivity index (χ0n) is 16.3. The average molecular weight is 546 g/mol. The number of carbonyl (C=O) groups excluding carboxylic acids is 2. The van der Waals surface area contributed by atoms with Crippen molar-refractivity contribution < 1.29 is 9.59 Å². The van der Waals surface area contributed by atoms with Gasteiger partial charge in [-0.2, -0.15) is 0 Å². The Kier molecular flexibility index (Phi) is 10.6. The van der Waals surface area contributed by atoms with Gasteiger partial charge in [0.2, 0.25) is 11.8 Å². The second-order valence-electron chi connectivity index (χ2n) is 6.95. The smallest absolute Gasteiger partial charge is 0.243 e. The van der Waals surface area contributed by atoms with Crippen LogP contribution in [0.1, 0.15) is 44.7 Å². The molecule has 0 spiro atoms. The lowest BCUT2D eigenvalue weighted by atomic mass is 9.99. The summed E-state index contributed by atoms with van der Waals surface area (Å²) in [7, 11) is 1.51. The van der Waals surface area contributed by atoms with Crippen LogP contribution in [0.5, 0.6) is 0 Å². The Balaban J connectivity index is 2.99. The number of halogens is 6. The van der Waals surface area contributed by atoms with Crippen LogP contribution >= 0.6 is 80.9 Å². The van der Waals surface area contributed by atoms with Crippen molar-refractivity contribution in [3.05, 3.63) is 16.6 Å². The van der Waals surface area contributed by atoms with Crippen LogP contribution in [0.2, 0.25) is 0 Å². The maximum atomic E-state index is 13.0. The number of rotatable bonds is 8. The number of likely N-dealkylation sites (N-methyl/N-ethyl adjacent to an activating group) is 1. The van der Waals surface area contributed by atoms with Gasteiger partial charge in [0, 0.05) is 36.9 Å². The molecular formula is C17H23Cl6N3O2S. The highest BCUT2D eigenvalue weighted by Crippen LogP contribution is 2.39. The summed E-state index contributed by atoms with van der Waals surface area (Å²) in [4.78, 5) is 31.3. The van der Waals surface area contributed by atoms with E-state index in [4.69, 9.17) is 69.6 Å². The molecule has 0 fully saturated rings. The number of thiazole rings is 1. The number of hydrogen-bond acceptors (Lipinski definition) is 4. The van der Waals surface area contributed by atoms with Gasteiger partial charge in [0.15, 0.2) is 7.59 Å². The standard InChI is InChI=1S/C17H23Cl6N3O2S/c1-9(16(18,19)20)7-12(14(28)25-11(3)15-24-5-6-29-15)26(4)13(27)8-10(2)17(21,22)23/h5-6,9-12H,7-8H2,1-4H3,(H,25,28)/t9?,10-,11+,12+/m0/s1. The number of hydrogen-bond donors (Lipinski definition) is 1. The molecule has 5 nitrogen and oxygen atoms in total. The molecule has 0 aromatic carbocycles. The predicted octanol–water partition coefficient (Wildman–Crippen LogP) is 5.94. The van der Waals surface area contributed by atoms with Gasteiger partial charge >= 0.3 is 0 Å². The molecule has 0 radical (unpaired) electrons. The van der Waals surface area contributed by atoms with Crippen LogP contribution in [0.4, 0.5) is 0 Å². The molecule has 0 aliphatic carbocycles. The van der Waals surface area contributed by atoms with E-state index in [1.54, 1.807) is 27.0 Å². The highest BCUT2D eigenvalue weighted by Gasteiger charge is 2.38. The highest BCUT2D eigenvalue weighted by atomic mass is 35.6. The molecule has 166 valence electrons. The van der Waals surface area contributed by atoms with E-state index in [1.165, 1.54) is 23.3 Å². The van der Waals surface area contributed by atoms with Crippen LogP contribution in [0.25, 0.3) is 0 Å². The van der Waals surface area contributed by atoms with E-state index in [9.17, 15) is 9.59 Å². The van der Waals surface area contributed by atoms with Crippen molar-refractivity contribution in [2.45, 2.75) is 53.3 Å². The number of amides is 2. The van der Waals surface area contributed by atoms with Crippen LogP contribution in [-0.2, 0) is 9.59 Å². The molecule has 0 bridgehead atoms. The molecule has 1 aromatic heterocycles. The number of nitrogens with zero attached hydrogens (tertiary/aromatic N) is 2. The number of aromatic nitrogens is 1. The molecule has 1 N–H and O–H groups in total. The summed E-state index contributed by atoms with van der Waals surface area (Å²) in [5, 5.41) is 5.42. The Labute approximate surface area is 205 Å². The third-order valence-electron chi connectivity index (χ3n) is 4.52. The molecule has 0 aliphatic heterocycles. The van der Waals surface area contributed by atoms with E-state index < -0.39 is 25.5 Å². The predicted molar refractivity (Wildman–Crippen MR) is 123 cm³/mol. The van der Waals surface area contributed by atoms with E-state index in [2.05, 4.69) is 10.3 Å². The lowest BCUT2D eigenvalue weighted by molar-refractivity contribution is -0.140. The number of carbonyl (C=O) groups is 2. The first-order valence-corrected chi connectivity index (χ1v) is 11.9.